The molecule has 0 aromatic heterocycles. The smallest absolute Gasteiger partial charge is 0.0423 e. The van der Waals surface area contributed by atoms with Gasteiger partial charge in [-0.3, -0.25) is 4.99 Å². The highest BCUT2D eigenvalue weighted by Gasteiger charge is 2.19. The Labute approximate surface area is 85.9 Å². The third-order valence-corrected chi connectivity index (χ3v) is 3.16. The summed E-state index contributed by atoms with van der Waals surface area (Å²) in [6.45, 7) is 5.60. The van der Waals surface area contributed by atoms with Crippen LogP contribution in [0.2, 0.25) is 0 Å². The summed E-state index contributed by atoms with van der Waals surface area (Å²) in [7, 11) is 0. The minimum absolute atomic E-state index is 0.738. The summed E-state index contributed by atoms with van der Waals surface area (Å²) >= 11 is 0. The van der Waals surface area contributed by atoms with E-state index in [9.17, 15) is 0 Å². The van der Waals surface area contributed by atoms with Gasteiger partial charge in [-0.2, -0.15) is 0 Å². The molecule has 1 aromatic rings. The van der Waals surface area contributed by atoms with Crippen molar-refractivity contribution in [3.8, 4) is 0 Å². The van der Waals surface area contributed by atoms with Gasteiger partial charge in [-0.25, -0.2) is 0 Å². The zero-order valence-electron chi connectivity index (χ0n) is 8.90. The van der Waals surface area contributed by atoms with Gasteiger partial charge in [-0.15, -0.1) is 0 Å². The number of aliphatic imine (C=N–C) groups is 1. The minimum atomic E-state index is 0.738. The normalized spacial score (nSPS) is 27.1. The molecule has 0 aliphatic carbocycles. The molecule has 0 bridgehead atoms. The fraction of sp³-hybridized carbons (Fsp3) is 0.462. The molecule has 0 radical (unpaired) electrons. The molecule has 0 saturated heterocycles. The second kappa shape index (κ2) is 3.95. The number of nitrogens with zero attached hydrogens (tertiary/aromatic N) is 1. The maximum atomic E-state index is 4.65. The Balaban J connectivity index is 2.21. The number of hydrogen-bond acceptors (Lipinski definition) is 1. The maximum absolute atomic E-state index is 4.65. The lowest BCUT2D eigenvalue weighted by molar-refractivity contribution is 0.393. The third-order valence-electron chi connectivity index (χ3n) is 3.16. The van der Waals surface area contributed by atoms with E-state index in [4.69, 9.17) is 0 Å². The van der Waals surface area contributed by atoms with Gasteiger partial charge >= 0.3 is 0 Å². The van der Waals surface area contributed by atoms with Gasteiger partial charge in [0.25, 0.3) is 0 Å². The van der Waals surface area contributed by atoms with Crippen molar-refractivity contribution in [2.45, 2.75) is 20.3 Å². The first-order valence-corrected chi connectivity index (χ1v) is 5.36. The van der Waals surface area contributed by atoms with E-state index in [1.54, 1.807) is 0 Å². The first kappa shape index (κ1) is 9.45. The zero-order valence-corrected chi connectivity index (χ0v) is 8.90. The summed E-state index contributed by atoms with van der Waals surface area (Å²) in [6, 6.07) is 10.5. The first-order chi connectivity index (χ1) is 6.77. The molecular weight excluding hydrogens is 170 g/mol. The summed E-state index contributed by atoms with van der Waals surface area (Å²) in [5, 5.41) is 0. The summed E-state index contributed by atoms with van der Waals surface area (Å²) in [5.74, 6) is 1.50. The zero-order chi connectivity index (χ0) is 9.97. The Morgan fingerprint density at radius 2 is 1.79 bits per heavy atom. The van der Waals surface area contributed by atoms with Crippen molar-refractivity contribution >= 4 is 5.71 Å². The van der Waals surface area contributed by atoms with Gasteiger partial charge in [-0.05, 0) is 23.8 Å². The monoisotopic (exact) mass is 187 g/mol. The van der Waals surface area contributed by atoms with E-state index in [0.29, 0.717) is 0 Å². The van der Waals surface area contributed by atoms with E-state index in [1.807, 2.05) is 0 Å². The second-order valence-corrected chi connectivity index (χ2v) is 4.31. The van der Waals surface area contributed by atoms with Gasteiger partial charge < -0.3 is 0 Å². The molecule has 0 amide bonds. The van der Waals surface area contributed by atoms with Crippen molar-refractivity contribution in [3.05, 3.63) is 35.9 Å². The maximum Gasteiger partial charge on any atom is 0.0423 e. The summed E-state index contributed by atoms with van der Waals surface area (Å²) < 4.78 is 0. The fourth-order valence-electron chi connectivity index (χ4n) is 1.84. The Hall–Kier alpha value is -1.11. The second-order valence-electron chi connectivity index (χ2n) is 4.31. The van der Waals surface area contributed by atoms with Crippen LogP contribution in [0.5, 0.6) is 0 Å². The van der Waals surface area contributed by atoms with Crippen molar-refractivity contribution in [1.29, 1.82) is 0 Å². The minimum Gasteiger partial charge on any atom is -0.289 e. The van der Waals surface area contributed by atoms with E-state index >= 15 is 0 Å². The Morgan fingerprint density at radius 3 is 2.43 bits per heavy atom. The molecular formula is C13H17N. The molecule has 74 valence electrons. The molecule has 0 N–H and O–H groups in total. The average molecular weight is 187 g/mol. The van der Waals surface area contributed by atoms with Gasteiger partial charge in [0.05, 0.1) is 0 Å². The first-order valence-electron chi connectivity index (χ1n) is 5.36. The molecule has 2 unspecified atom stereocenters. The molecule has 1 heterocycles. The molecule has 1 nitrogen and oxygen atoms in total. The van der Waals surface area contributed by atoms with Crippen LogP contribution in [0, 0.1) is 11.8 Å². The fourth-order valence-corrected chi connectivity index (χ4v) is 1.84. The van der Waals surface area contributed by atoms with Gasteiger partial charge in [0.2, 0.25) is 0 Å². The number of rotatable bonds is 1. The van der Waals surface area contributed by atoms with E-state index in [0.717, 1.165) is 24.8 Å². The van der Waals surface area contributed by atoms with Crippen LogP contribution < -0.4 is 0 Å². The average Bonchev–Trinajstić information content (AvgIpc) is 2.23. The Kier molecular flexibility index (Phi) is 2.67. The molecule has 1 aliphatic rings. The van der Waals surface area contributed by atoms with Crippen LogP contribution in [-0.4, -0.2) is 12.3 Å². The highest BCUT2D eigenvalue weighted by Crippen LogP contribution is 2.23. The largest absolute Gasteiger partial charge is 0.289 e. The van der Waals surface area contributed by atoms with Crippen LogP contribution in [0.4, 0.5) is 0 Å². The van der Waals surface area contributed by atoms with Crippen molar-refractivity contribution in [2.24, 2.45) is 16.8 Å². The summed E-state index contributed by atoms with van der Waals surface area (Å²) in [5.41, 5.74) is 2.59. The number of hydrogen-bond donors (Lipinski definition) is 0. The lowest BCUT2D eigenvalue weighted by Gasteiger charge is -2.24. The van der Waals surface area contributed by atoms with E-state index < -0.39 is 0 Å². The van der Waals surface area contributed by atoms with Crippen molar-refractivity contribution < 1.29 is 0 Å². The van der Waals surface area contributed by atoms with E-state index in [2.05, 4.69) is 49.2 Å². The van der Waals surface area contributed by atoms with Gasteiger partial charge in [0.15, 0.2) is 0 Å². The molecule has 1 aliphatic heterocycles. The third kappa shape index (κ3) is 1.87. The molecule has 14 heavy (non-hydrogen) atoms. The van der Waals surface area contributed by atoms with E-state index in [1.165, 1.54) is 11.3 Å². The number of benzene rings is 1. The lowest BCUT2D eigenvalue weighted by atomic mass is 9.86. The van der Waals surface area contributed by atoms with Crippen molar-refractivity contribution in [3.63, 3.8) is 0 Å². The van der Waals surface area contributed by atoms with Crippen molar-refractivity contribution in [2.75, 3.05) is 6.54 Å². The molecule has 1 aromatic carbocycles. The molecule has 2 rings (SSSR count). The predicted octanol–water partition coefficient (Wildman–Crippen LogP) is 3.15. The highest BCUT2D eigenvalue weighted by atomic mass is 14.8. The molecule has 1 heteroatoms. The molecule has 0 saturated carbocycles. The lowest BCUT2D eigenvalue weighted by Crippen LogP contribution is -2.22. The molecule has 0 spiro atoms. The van der Waals surface area contributed by atoms with Gasteiger partial charge in [0, 0.05) is 12.3 Å². The van der Waals surface area contributed by atoms with Crippen LogP contribution in [0.3, 0.4) is 0 Å². The van der Waals surface area contributed by atoms with Crippen LogP contribution in [0.25, 0.3) is 0 Å². The van der Waals surface area contributed by atoms with Gasteiger partial charge in [-0.1, -0.05) is 44.2 Å². The highest BCUT2D eigenvalue weighted by molar-refractivity contribution is 6.01. The van der Waals surface area contributed by atoms with Crippen LogP contribution in [-0.2, 0) is 0 Å². The van der Waals surface area contributed by atoms with Gasteiger partial charge in [0.1, 0.15) is 0 Å². The quantitative estimate of drug-likeness (QED) is 0.640. The molecule has 2 atom stereocenters. The summed E-state index contributed by atoms with van der Waals surface area (Å²) in [4.78, 5) is 4.65. The van der Waals surface area contributed by atoms with Crippen LogP contribution >= 0.6 is 0 Å². The van der Waals surface area contributed by atoms with E-state index in [-0.39, 0.29) is 0 Å². The Bertz CT molecular complexity index is 326. The SMILES string of the molecule is CC1CN=C(c2ccccc2)CC1C. The Morgan fingerprint density at radius 1 is 1.07 bits per heavy atom. The summed E-state index contributed by atoms with van der Waals surface area (Å²) in [6.07, 6.45) is 1.13. The topological polar surface area (TPSA) is 12.4 Å². The van der Waals surface area contributed by atoms with Crippen LogP contribution in [0.15, 0.2) is 35.3 Å². The predicted molar refractivity (Wildman–Crippen MR) is 60.8 cm³/mol. The molecule has 0 fully saturated rings. The van der Waals surface area contributed by atoms with Crippen LogP contribution in [0.1, 0.15) is 25.8 Å². The van der Waals surface area contributed by atoms with Crippen molar-refractivity contribution in [1.82, 2.24) is 0 Å². The standard InChI is InChI=1S/C13H17N/c1-10-8-13(14-9-11(10)2)12-6-4-3-5-7-12/h3-7,10-11H,8-9H2,1-2H3.